The number of Topliss-reactive ketones (excluding diaryl/α,β-unsaturated/α-hetero) is 1. The van der Waals surface area contributed by atoms with Crippen LogP contribution in [0, 0.1) is 17.8 Å². The fraction of sp³-hybridized carbons (Fsp3) is 0.705. The van der Waals surface area contributed by atoms with E-state index < -0.39 is 95.1 Å². The monoisotopic (exact) mass is 904 g/mol. The molecule has 3 fully saturated rings. The number of pyridine rings is 1. The van der Waals surface area contributed by atoms with E-state index in [2.05, 4.69) is 20.1 Å². The second kappa shape index (κ2) is 20.6. The van der Waals surface area contributed by atoms with Crippen LogP contribution in [0.5, 0.6) is 0 Å². The van der Waals surface area contributed by atoms with E-state index in [9.17, 15) is 24.6 Å². The number of carbonyl (C=O) groups excluding carboxylic acids is 3. The Labute approximate surface area is 372 Å². The summed E-state index contributed by atoms with van der Waals surface area (Å²) in [5.41, 5.74) is 0.692. The zero-order valence-electron chi connectivity index (χ0n) is 38.2. The second-order valence-electron chi connectivity index (χ2n) is 17.8. The molecule has 5 rings (SSSR count). The van der Waals surface area contributed by atoms with E-state index in [1.165, 1.54) is 25.2 Å². The van der Waals surface area contributed by atoms with Crippen molar-refractivity contribution in [3.8, 4) is 10.7 Å². The number of anilines is 1. The Morgan fingerprint density at radius 2 is 1.81 bits per heavy atom. The number of ether oxygens (including phenoxy) is 5. The normalized spacial score (nSPS) is 37.6. The third-order valence-electron chi connectivity index (χ3n) is 12.4. The molecular weight excluding hydrogens is 840 g/mol. The van der Waals surface area contributed by atoms with Crippen molar-refractivity contribution in [3.63, 3.8) is 0 Å². The predicted octanol–water partition coefficient (Wildman–Crippen LogP) is 4.70. The molecule has 0 aliphatic carbocycles. The lowest BCUT2D eigenvalue weighted by molar-refractivity contribution is -0.296. The number of aliphatic hydroxyl groups excluding tert-OH is 1. The SMILES string of the molecule is CCC(=O)N=C1[C@H](C)C[C@@]2(C)OC/C(=N/OCc3csc(-c4cccc(N)n4)n3)CO[C@H]([C@H]1C)[C@](C)(O)[C@@H](CC)OC(=O)[C@@](C)(F)C(=O)[C@H](C)[C@H]2O[C@@H]1O[C@H](C)C[C@H](N(C)C)[C@H]1O. The number of halogens is 1. The van der Waals surface area contributed by atoms with Gasteiger partial charge in [0.15, 0.2) is 18.7 Å². The van der Waals surface area contributed by atoms with Crippen molar-refractivity contribution < 1.29 is 57.5 Å². The summed E-state index contributed by atoms with van der Waals surface area (Å²) >= 11 is 1.35. The number of aromatic nitrogens is 2. The van der Waals surface area contributed by atoms with Crippen LogP contribution in [0.4, 0.5) is 10.2 Å². The number of aliphatic hydroxyl groups is 2. The van der Waals surface area contributed by atoms with E-state index in [4.69, 9.17) is 34.3 Å². The smallest absolute Gasteiger partial charge is 0.351 e. The molecule has 13 atom stereocenters. The zero-order chi connectivity index (χ0) is 46.6. The van der Waals surface area contributed by atoms with E-state index in [0.29, 0.717) is 34.3 Å². The van der Waals surface area contributed by atoms with Crippen LogP contribution in [0.2, 0.25) is 0 Å². The number of fused-ring (bicyclic) bond motifs is 5. The minimum absolute atomic E-state index is 0.00176. The topological polar surface area (TPSA) is 227 Å². The van der Waals surface area contributed by atoms with E-state index >= 15 is 4.39 Å². The van der Waals surface area contributed by atoms with Gasteiger partial charge in [-0.2, -0.15) is 0 Å². The summed E-state index contributed by atoms with van der Waals surface area (Å²) < 4.78 is 48.9. The minimum atomic E-state index is -3.23. The van der Waals surface area contributed by atoms with E-state index in [1.54, 1.807) is 51.3 Å². The molecule has 0 radical (unpaired) electrons. The maximum atomic E-state index is 17.0. The average Bonchev–Trinajstić information content (AvgIpc) is 3.70. The van der Waals surface area contributed by atoms with Crippen molar-refractivity contribution in [3.05, 3.63) is 29.3 Å². The van der Waals surface area contributed by atoms with Gasteiger partial charge in [-0.05, 0) is 79.1 Å². The third kappa shape index (κ3) is 11.4. The summed E-state index contributed by atoms with van der Waals surface area (Å²) in [6.07, 6.45) is -6.48. The third-order valence-corrected chi connectivity index (χ3v) is 13.3. The van der Waals surface area contributed by atoms with Crippen LogP contribution in [0.15, 0.2) is 33.7 Å². The Kier molecular flexibility index (Phi) is 16.4. The first-order valence-electron chi connectivity index (χ1n) is 21.6. The van der Waals surface area contributed by atoms with Crippen LogP contribution in [-0.2, 0) is 49.5 Å². The number of rotatable bonds is 9. The molecule has 0 saturated carbocycles. The Balaban J connectivity index is 1.67. The molecule has 3 saturated heterocycles. The number of amides is 1. The maximum absolute atomic E-state index is 17.0. The highest BCUT2D eigenvalue weighted by Gasteiger charge is 2.56. The van der Waals surface area contributed by atoms with Gasteiger partial charge in [-0.15, -0.1) is 11.3 Å². The first kappa shape index (κ1) is 50.2. The first-order valence-corrected chi connectivity index (χ1v) is 22.5. The molecule has 5 heterocycles. The molecule has 17 nitrogen and oxygen atoms in total. The molecule has 2 aromatic rings. The molecule has 3 aliphatic heterocycles. The first-order chi connectivity index (χ1) is 29.5. The second-order valence-corrected chi connectivity index (χ2v) is 18.7. The summed E-state index contributed by atoms with van der Waals surface area (Å²) in [6, 6.07) is 4.84. The molecule has 63 heavy (non-hydrogen) atoms. The van der Waals surface area contributed by atoms with Crippen molar-refractivity contribution in [2.45, 2.75) is 154 Å². The Hall–Kier alpha value is -3.82. The van der Waals surface area contributed by atoms with Crippen molar-refractivity contribution in [1.82, 2.24) is 14.9 Å². The molecule has 2 bridgehead atoms. The number of esters is 1. The molecule has 0 unspecified atom stereocenters. The lowest BCUT2D eigenvalue weighted by Gasteiger charge is -2.47. The highest BCUT2D eigenvalue weighted by molar-refractivity contribution is 7.13. The summed E-state index contributed by atoms with van der Waals surface area (Å²) in [5, 5.41) is 31.0. The van der Waals surface area contributed by atoms with Crippen LogP contribution in [0.3, 0.4) is 0 Å². The highest BCUT2D eigenvalue weighted by Crippen LogP contribution is 2.41. The van der Waals surface area contributed by atoms with Gasteiger partial charge in [-0.1, -0.05) is 45.8 Å². The van der Waals surface area contributed by atoms with Crippen LogP contribution in [0.25, 0.3) is 10.7 Å². The molecule has 4 N–H and O–H groups in total. The van der Waals surface area contributed by atoms with Gasteiger partial charge < -0.3 is 49.4 Å². The number of nitrogens with zero attached hydrogens (tertiary/aromatic N) is 5. The number of carbonyl (C=O) groups is 3. The summed E-state index contributed by atoms with van der Waals surface area (Å²) in [4.78, 5) is 62.8. The van der Waals surface area contributed by atoms with Gasteiger partial charge in [0, 0.05) is 35.4 Å². The summed E-state index contributed by atoms with van der Waals surface area (Å²) in [7, 11) is 3.63. The Morgan fingerprint density at radius 3 is 2.46 bits per heavy atom. The molecule has 19 heteroatoms. The number of cyclic esters (lactones) is 1. The number of nitrogen functional groups attached to an aromatic ring is 1. The number of nitrogens with two attached hydrogens (primary N) is 1. The van der Waals surface area contributed by atoms with Crippen LogP contribution in [-0.4, -0.2) is 141 Å². The van der Waals surface area contributed by atoms with E-state index in [1.807, 2.05) is 32.8 Å². The van der Waals surface area contributed by atoms with E-state index in [0.717, 1.165) is 6.92 Å². The number of oxime groups is 1. The van der Waals surface area contributed by atoms with Gasteiger partial charge in [0.2, 0.25) is 5.91 Å². The number of alkyl halides is 1. The molecular formula is C44H65FN6O11S. The van der Waals surface area contributed by atoms with E-state index in [-0.39, 0.29) is 44.8 Å². The van der Waals surface area contributed by atoms with Gasteiger partial charge in [-0.3, -0.25) is 9.59 Å². The molecule has 1 amide bonds. The van der Waals surface area contributed by atoms with Crippen LogP contribution < -0.4 is 5.73 Å². The van der Waals surface area contributed by atoms with Gasteiger partial charge in [0.05, 0.1) is 42.8 Å². The van der Waals surface area contributed by atoms with Crippen molar-refractivity contribution >= 4 is 46.2 Å². The standard InChI is InChI=1S/C44H65FN6O11S/c1-12-31-44(9,56)38-25(5)34(49-33(52)13-2)23(3)18-42(7,58-20-27(19-57-38)50-59-21-28-22-63-39(47-28)29-15-14-16-32(46)48-29)37(26(6)36(54)43(8,45)41(55)61-31)62-40-35(53)30(51(10)11)17-24(4)60-40/h14-16,22-26,30-31,35,37-38,40,53,56H,12-13,17-21H2,1-11H3,(H2,46,48)/b49-34?,50-27+/t23-,24-,25+,26+,30+,31-,35-,37-,38-,40+,42-,43+,44-/m1/s1. The van der Waals surface area contributed by atoms with Gasteiger partial charge in [0.25, 0.3) is 5.67 Å². The zero-order valence-corrected chi connectivity index (χ0v) is 39.0. The number of ketones is 1. The van der Waals surface area contributed by atoms with Gasteiger partial charge in [-0.25, -0.2) is 24.1 Å². The van der Waals surface area contributed by atoms with Gasteiger partial charge >= 0.3 is 5.97 Å². The fourth-order valence-electron chi connectivity index (χ4n) is 8.90. The van der Waals surface area contributed by atoms with Crippen molar-refractivity contribution in [2.24, 2.45) is 27.9 Å². The maximum Gasteiger partial charge on any atom is 0.351 e. The van der Waals surface area contributed by atoms with Gasteiger partial charge in [0.1, 0.15) is 40.0 Å². The number of hydrogen-bond acceptors (Lipinski definition) is 17. The number of likely N-dealkylation sites (N-methyl/N-ethyl adjacent to an activating group) is 1. The summed E-state index contributed by atoms with van der Waals surface area (Å²) in [6.45, 7) is 13.3. The Bertz CT molecular complexity index is 2000. The quantitative estimate of drug-likeness (QED) is 0.176. The molecule has 3 aliphatic rings. The summed E-state index contributed by atoms with van der Waals surface area (Å²) in [5.74, 6) is -5.70. The van der Waals surface area contributed by atoms with Crippen molar-refractivity contribution in [2.75, 3.05) is 33.0 Å². The molecule has 2 aromatic heterocycles. The molecule has 350 valence electrons. The number of hydrogen-bond donors (Lipinski definition) is 3. The predicted molar refractivity (Wildman–Crippen MR) is 234 cm³/mol. The van der Waals surface area contributed by atoms with Crippen LogP contribution in [0.1, 0.15) is 93.7 Å². The average molecular weight is 905 g/mol. The minimum Gasteiger partial charge on any atom is -0.457 e. The van der Waals surface area contributed by atoms with Crippen LogP contribution >= 0.6 is 11.3 Å². The lowest BCUT2D eigenvalue weighted by Crippen LogP contribution is -2.61. The molecule has 0 spiro atoms. The Morgan fingerprint density at radius 1 is 1.10 bits per heavy atom. The number of thiazole rings is 1. The lowest BCUT2D eigenvalue weighted by atomic mass is 9.73. The number of aliphatic imine (C=N–C) groups is 1. The molecule has 0 aromatic carbocycles. The largest absolute Gasteiger partial charge is 0.457 e. The fourth-order valence-corrected chi connectivity index (χ4v) is 9.67. The van der Waals surface area contributed by atoms with Crippen molar-refractivity contribution in [1.29, 1.82) is 0 Å². The highest BCUT2D eigenvalue weighted by atomic mass is 32.1.